The van der Waals surface area contributed by atoms with Gasteiger partial charge in [-0.3, -0.25) is 4.40 Å². The largest absolute Gasteiger partial charge is 0.477 e. The quantitative estimate of drug-likeness (QED) is 0.715. The molecule has 92 valence electrons. The fourth-order valence-electron chi connectivity index (χ4n) is 2.20. The lowest BCUT2D eigenvalue weighted by molar-refractivity contribution is 0.0688. The summed E-state index contributed by atoms with van der Waals surface area (Å²) in [5, 5.41) is 9.27. The lowest BCUT2D eigenvalue weighted by Crippen LogP contribution is -2.03. The van der Waals surface area contributed by atoms with Crippen LogP contribution in [0.3, 0.4) is 0 Å². The van der Waals surface area contributed by atoms with Crippen molar-refractivity contribution in [2.24, 2.45) is 7.05 Å². The second kappa shape index (κ2) is 3.32. The maximum atomic E-state index is 13.3. The Hall–Kier alpha value is -2.37. The van der Waals surface area contributed by atoms with Gasteiger partial charge in [0, 0.05) is 18.8 Å². The van der Waals surface area contributed by atoms with Gasteiger partial charge >= 0.3 is 5.97 Å². The molecule has 2 heterocycles. The van der Waals surface area contributed by atoms with E-state index in [1.807, 2.05) is 0 Å². The fraction of sp³-hybridized carbons (Fsp3) is 0.167. The van der Waals surface area contributed by atoms with Crippen molar-refractivity contribution in [3.05, 3.63) is 35.4 Å². The maximum Gasteiger partial charge on any atom is 0.354 e. The van der Waals surface area contributed by atoms with E-state index in [0.29, 0.717) is 22.5 Å². The molecule has 0 atom stereocenters. The Morgan fingerprint density at radius 1 is 1.44 bits per heavy atom. The van der Waals surface area contributed by atoms with E-state index in [2.05, 4.69) is 4.98 Å². The molecule has 0 saturated carbocycles. The SMILES string of the molecule is Cc1c(C(=O)O)n2c3cc(F)ccc3nc2n1C. The molecule has 0 aliphatic heterocycles. The monoisotopic (exact) mass is 247 g/mol. The van der Waals surface area contributed by atoms with Crippen LogP contribution in [0.4, 0.5) is 4.39 Å². The van der Waals surface area contributed by atoms with Gasteiger partial charge in [-0.15, -0.1) is 0 Å². The molecule has 0 aliphatic carbocycles. The van der Waals surface area contributed by atoms with E-state index in [-0.39, 0.29) is 5.69 Å². The number of carboxylic acids is 1. The number of carbonyl (C=O) groups is 1. The zero-order chi connectivity index (χ0) is 13.0. The lowest BCUT2D eigenvalue weighted by atomic mass is 10.3. The molecule has 18 heavy (non-hydrogen) atoms. The minimum absolute atomic E-state index is 0.112. The number of hydrogen-bond donors (Lipinski definition) is 1. The minimum Gasteiger partial charge on any atom is -0.477 e. The number of carboxylic acid groups (broad SMARTS) is 1. The number of aromatic nitrogens is 3. The number of imidazole rings is 2. The molecule has 6 heteroatoms. The molecule has 0 spiro atoms. The third-order valence-corrected chi connectivity index (χ3v) is 3.17. The number of halogens is 1. The van der Waals surface area contributed by atoms with Crippen LogP contribution in [0.15, 0.2) is 18.2 Å². The van der Waals surface area contributed by atoms with Gasteiger partial charge in [-0.25, -0.2) is 14.2 Å². The summed E-state index contributed by atoms with van der Waals surface area (Å²) < 4.78 is 16.4. The van der Waals surface area contributed by atoms with Crippen molar-refractivity contribution in [3.8, 4) is 0 Å². The van der Waals surface area contributed by atoms with Crippen LogP contribution in [0.5, 0.6) is 0 Å². The second-order valence-corrected chi connectivity index (χ2v) is 4.18. The first-order chi connectivity index (χ1) is 8.50. The molecular formula is C12H10FN3O2. The molecule has 1 N–H and O–H groups in total. The van der Waals surface area contributed by atoms with Crippen molar-refractivity contribution in [2.45, 2.75) is 6.92 Å². The van der Waals surface area contributed by atoms with Gasteiger partial charge in [0.2, 0.25) is 5.78 Å². The van der Waals surface area contributed by atoms with Gasteiger partial charge in [-0.2, -0.15) is 0 Å². The standard InChI is InChI=1S/C12H10FN3O2/c1-6-10(11(17)18)16-9-5-7(13)3-4-8(9)14-12(16)15(6)2/h3-5H,1-2H3,(H,17,18). The average molecular weight is 247 g/mol. The number of rotatable bonds is 1. The smallest absolute Gasteiger partial charge is 0.354 e. The Labute approximate surface area is 101 Å². The molecule has 3 rings (SSSR count). The molecule has 0 radical (unpaired) electrons. The van der Waals surface area contributed by atoms with Crippen LogP contribution < -0.4 is 0 Å². The number of fused-ring (bicyclic) bond motifs is 3. The lowest BCUT2D eigenvalue weighted by Gasteiger charge is -1.97. The zero-order valence-corrected chi connectivity index (χ0v) is 9.81. The first-order valence-electron chi connectivity index (χ1n) is 5.37. The molecule has 0 aliphatic rings. The molecule has 2 aromatic heterocycles. The van der Waals surface area contributed by atoms with E-state index in [0.717, 1.165) is 0 Å². The number of aryl methyl sites for hydroxylation is 1. The van der Waals surface area contributed by atoms with E-state index >= 15 is 0 Å². The molecule has 3 aromatic rings. The molecular weight excluding hydrogens is 237 g/mol. The van der Waals surface area contributed by atoms with Crippen molar-refractivity contribution >= 4 is 22.8 Å². The Balaban J connectivity index is 2.60. The Morgan fingerprint density at radius 3 is 2.83 bits per heavy atom. The summed E-state index contributed by atoms with van der Waals surface area (Å²) in [6.07, 6.45) is 0. The molecule has 0 amide bonds. The highest BCUT2D eigenvalue weighted by molar-refractivity contribution is 5.92. The van der Waals surface area contributed by atoms with E-state index < -0.39 is 11.8 Å². The van der Waals surface area contributed by atoms with Gasteiger partial charge in [-0.1, -0.05) is 0 Å². The average Bonchev–Trinajstić information content (AvgIpc) is 2.77. The summed E-state index contributed by atoms with van der Waals surface area (Å²) in [7, 11) is 1.74. The highest BCUT2D eigenvalue weighted by Gasteiger charge is 2.21. The highest BCUT2D eigenvalue weighted by Crippen LogP contribution is 2.23. The Morgan fingerprint density at radius 2 is 2.17 bits per heavy atom. The van der Waals surface area contributed by atoms with Crippen LogP contribution in [0.1, 0.15) is 16.2 Å². The van der Waals surface area contributed by atoms with E-state index in [1.54, 1.807) is 24.6 Å². The Kier molecular flexibility index (Phi) is 1.98. The highest BCUT2D eigenvalue weighted by atomic mass is 19.1. The maximum absolute atomic E-state index is 13.3. The fourth-order valence-corrected chi connectivity index (χ4v) is 2.20. The summed E-state index contributed by atoms with van der Waals surface area (Å²) in [6.45, 7) is 1.70. The van der Waals surface area contributed by atoms with Gasteiger partial charge in [-0.05, 0) is 19.1 Å². The van der Waals surface area contributed by atoms with Crippen molar-refractivity contribution in [3.63, 3.8) is 0 Å². The van der Waals surface area contributed by atoms with Crippen molar-refractivity contribution in [1.29, 1.82) is 0 Å². The minimum atomic E-state index is -1.05. The third kappa shape index (κ3) is 1.20. The topological polar surface area (TPSA) is 59.5 Å². The van der Waals surface area contributed by atoms with Crippen LogP contribution in [0.25, 0.3) is 16.8 Å². The van der Waals surface area contributed by atoms with Crippen LogP contribution in [0.2, 0.25) is 0 Å². The first-order valence-corrected chi connectivity index (χ1v) is 5.37. The predicted octanol–water partition coefficient (Wildman–Crippen LogP) is 1.97. The number of nitrogens with zero attached hydrogens (tertiary/aromatic N) is 3. The molecule has 0 bridgehead atoms. The molecule has 1 aromatic carbocycles. The summed E-state index contributed by atoms with van der Waals surface area (Å²) in [5.74, 6) is -0.977. The molecule has 0 saturated heterocycles. The van der Waals surface area contributed by atoms with Crippen molar-refractivity contribution < 1.29 is 14.3 Å². The molecule has 0 fully saturated rings. The summed E-state index contributed by atoms with van der Waals surface area (Å²) >= 11 is 0. The zero-order valence-electron chi connectivity index (χ0n) is 9.81. The number of aromatic carboxylic acids is 1. The van der Waals surface area contributed by atoms with Gasteiger partial charge in [0.05, 0.1) is 11.0 Å². The number of benzene rings is 1. The second-order valence-electron chi connectivity index (χ2n) is 4.18. The van der Waals surface area contributed by atoms with Crippen LogP contribution in [0, 0.1) is 12.7 Å². The van der Waals surface area contributed by atoms with Crippen LogP contribution in [-0.4, -0.2) is 25.0 Å². The summed E-state index contributed by atoms with van der Waals surface area (Å²) in [5.41, 5.74) is 1.73. The van der Waals surface area contributed by atoms with E-state index in [1.165, 1.54) is 16.5 Å². The molecule has 5 nitrogen and oxygen atoms in total. The third-order valence-electron chi connectivity index (χ3n) is 3.17. The van der Waals surface area contributed by atoms with Crippen molar-refractivity contribution in [2.75, 3.05) is 0 Å². The van der Waals surface area contributed by atoms with Gasteiger partial charge < -0.3 is 9.67 Å². The molecule has 0 unspecified atom stereocenters. The van der Waals surface area contributed by atoms with E-state index in [9.17, 15) is 14.3 Å². The van der Waals surface area contributed by atoms with Crippen LogP contribution in [-0.2, 0) is 7.05 Å². The number of hydrogen-bond acceptors (Lipinski definition) is 2. The Bertz CT molecular complexity index is 801. The van der Waals surface area contributed by atoms with Crippen LogP contribution >= 0.6 is 0 Å². The first kappa shape index (κ1) is 10.8. The summed E-state index contributed by atoms with van der Waals surface area (Å²) in [6, 6.07) is 4.14. The van der Waals surface area contributed by atoms with Gasteiger partial charge in [0.15, 0.2) is 5.69 Å². The van der Waals surface area contributed by atoms with Crippen molar-refractivity contribution in [1.82, 2.24) is 14.0 Å². The predicted molar refractivity (Wildman–Crippen MR) is 63.3 cm³/mol. The summed E-state index contributed by atoms with van der Waals surface area (Å²) in [4.78, 5) is 15.6. The van der Waals surface area contributed by atoms with E-state index in [4.69, 9.17) is 0 Å². The van der Waals surface area contributed by atoms with Gasteiger partial charge in [0.25, 0.3) is 0 Å². The van der Waals surface area contributed by atoms with Gasteiger partial charge in [0.1, 0.15) is 5.82 Å². The normalized spacial score (nSPS) is 11.5.